The Labute approximate surface area is 112 Å². The highest BCUT2D eigenvalue weighted by Gasteiger charge is 2.38. The molecule has 1 heterocycles. The van der Waals surface area contributed by atoms with Gasteiger partial charge in [-0.2, -0.15) is 0 Å². The van der Waals surface area contributed by atoms with Gasteiger partial charge in [0.1, 0.15) is 11.3 Å². The Balaban J connectivity index is 2.74. The van der Waals surface area contributed by atoms with E-state index in [1.165, 1.54) is 19.4 Å². The third-order valence-electron chi connectivity index (χ3n) is 2.57. The summed E-state index contributed by atoms with van der Waals surface area (Å²) in [5.41, 5.74) is 4.49. The van der Waals surface area contributed by atoms with Crippen molar-refractivity contribution in [1.82, 2.24) is 0 Å². The van der Waals surface area contributed by atoms with Crippen LogP contribution in [0.1, 0.15) is 33.6 Å². The molecule has 0 bridgehead atoms. The molecule has 6 nitrogen and oxygen atoms in total. The highest BCUT2D eigenvalue weighted by atomic mass is 16.6. The molecule has 2 N–H and O–H groups in total. The zero-order chi connectivity index (χ0) is 14.7. The molecular formula is C13H20N2O4. The second-order valence-electron chi connectivity index (χ2n) is 5.36. The zero-order valence-electron chi connectivity index (χ0n) is 11.7. The number of methoxy groups -OCH3 is 1. The molecule has 0 saturated carbocycles. The van der Waals surface area contributed by atoms with Crippen LogP contribution in [-0.2, 0) is 19.1 Å². The Kier molecular flexibility index (Phi) is 4.47. The Morgan fingerprint density at radius 1 is 1.42 bits per heavy atom. The second-order valence-corrected chi connectivity index (χ2v) is 5.36. The maximum absolute atomic E-state index is 12.0. The van der Waals surface area contributed by atoms with Crippen molar-refractivity contribution >= 4 is 18.2 Å². The number of nitrogens with zero attached hydrogens (tertiary/aromatic N) is 1. The normalized spacial score (nSPS) is 22.1. The lowest BCUT2D eigenvalue weighted by Crippen LogP contribution is -2.43. The number of nitrogens with two attached hydrogens (primary N) is 1. The molecule has 1 aliphatic rings. The van der Waals surface area contributed by atoms with Gasteiger partial charge in [0, 0.05) is 19.1 Å². The van der Waals surface area contributed by atoms with Gasteiger partial charge >= 0.3 is 11.9 Å². The number of rotatable bonds is 4. The summed E-state index contributed by atoms with van der Waals surface area (Å²) in [6, 6.07) is 0. The number of aliphatic imine (C=N–C) groups is 1. The van der Waals surface area contributed by atoms with Crippen molar-refractivity contribution < 1.29 is 19.1 Å². The Bertz CT molecular complexity index is 434. The predicted molar refractivity (Wildman–Crippen MR) is 70.6 cm³/mol. The highest BCUT2D eigenvalue weighted by molar-refractivity contribution is 5.98. The van der Waals surface area contributed by atoms with Gasteiger partial charge in [0.15, 0.2) is 0 Å². The minimum Gasteiger partial charge on any atom is -0.469 e. The molecule has 0 aromatic rings. The largest absolute Gasteiger partial charge is 0.469 e. The molecule has 1 unspecified atom stereocenters. The average Bonchev–Trinajstić information content (AvgIpc) is 2.66. The summed E-state index contributed by atoms with van der Waals surface area (Å²) in [4.78, 5) is 27.2. The quantitative estimate of drug-likeness (QED) is 0.766. The first-order chi connectivity index (χ1) is 8.68. The first kappa shape index (κ1) is 15.4. The number of carbonyl (C=O) groups is 2. The lowest BCUT2D eigenvalue weighted by molar-refractivity contribution is -0.151. The molecule has 106 valence electrons. The van der Waals surface area contributed by atoms with Crippen LogP contribution in [0.5, 0.6) is 0 Å². The van der Waals surface area contributed by atoms with Crippen molar-refractivity contribution in [3.63, 3.8) is 0 Å². The van der Waals surface area contributed by atoms with Gasteiger partial charge in [-0.25, -0.2) is 4.79 Å². The van der Waals surface area contributed by atoms with E-state index in [0.29, 0.717) is 0 Å². The van der Waals surface area contributed by atoms with Gasteiger partial charge in [0.2, 0.25) is 0 Å². The topological polar surface area (TPSA) is 91.0 Å². The summed E-state index contributed by atoms with van der Waals surface area (Å²) < 4.78 is 9.82. The number of esters is 2. The molecule has 0 aromatic carbocycles. The van der Waals surface area contributed by atoms with E-state index in [0.717, 1.165) is 0 Å². The van der Waals surface area contributed by atoms with Crippen molar-refractivity contribution in [2.24, 2.45) is 10.7 Å². The molecule has 1 atom stereocenters. The fourth-order valence-electron chi connectivity index (χ4n) is 1.63. The summed E-state index contributed by atoms with van der Waals surface area (Å²) in [6.07, 6.45) is 3.26. The van der Waals surface area contributed by atoms with Crippen LogP contribution in [0.2, 0.25) is 0 Å². The molecule has 0 spiro atoms. The lowest BCUT2D eigenvalue weighted by Gasteiger charge is -2.26. The molecule has 1 rings (SSSR count). The third kappa shape index (κ3) is 4.17. The van der Waals surface area contributed by atoms with E-state index in [1.807, 2.05) is 0 Å². The minimum atomic E-state index is -1.21. The van der Waals surface area contributed by atoms with Crippen LogP contribution < -0.4 is 5.73 Å². The summed E-state index contributed by atoms with van der Waals surface area (Å²) >= 11 is 0. The summed E-state index contributed by atoms with van der Waals surface area (Å²) in [7, 11) is 1.30. The highest BCUT2D eigenvalue weighted by Crippen LogP contribution is 2.27. The average molecular weight is 268 g/mol. The number of carbonyl (C=O) groups excluding carboxylic acids is 2. The molecule has 19 heavy (non-hydrogen) atoms. The van der Waals surface area contributed by atoms with Crippen LogP contribution in [-0.4, -0.2) is 36.5 Å². The van der Waals surface area contributed by atoms with E-state index >= 15 is 0 Å². The summed E-state index contributed by atoms with van der Waals surface area (Å²) in [5.74, 6) is -0.909. The summed E-state index contributed by atoms with van der Waals surface area (Å²) in [6.45, 7) is 5.32. The molecule has 0 fully saturated rings. The van der Waals surface area contributed by atoms with E-state index in [4.69, 9.17) is 10.5 Å². The van der Waals surface area contributed by atoms with Crippen LogP contribution in [0.3, 0.4) is 0 Å². The third-order valence-corrected chi connectivity index (χ3v) is 2.57. The maximum atomic E-state index is 12.0. The van der Waals surface area contributed by atoms with Crippen molar-refractivity contribution in [1.29, 1.82) is 0 Å². The van der Waals surface area contributed by atoms with Crippen LogP contribution in [0.25, 0.3) is 0 Å². The SMILES string of the molecule is COC(=O)CCC1(N)N=CC=C1C(=O)OC(C)(C)C. The lowest BCUT2D eigenvalue weighted by atomic mass is 9.97. The van der Waals surface area contributed by atoms with Crippen molar-refractivity contribution in [3.05, 3.63) is 11.6 Å². The Morgan fingerprint density at radius 3 is 2.58 bits per heavy atom. The van der Waals surface area contributed by atoms with E-state index in [1.54, 1.807) is 20.8 Å². The number of allylic oxidation sites excluding steroid dienone is 1. The smallest absolute Gasteiger partial charge is 0.338 e. The molecule has 1 aliphatic heterocycles. The van der Waals surface area contributed by atoms with Gasteiger partial charge in [-0.3, -0.25) is 9.79 Å². The standard InChI is InChI=1S/C13H20N2O4/c1-12(2,3)19-11(17)9-6-8-15-13(9,14)7-5-10(16)18-4/h6,8H,5,7,14H2,1-4H3. The predicted octanol–water partition coefficient (Wildman–Crippen LogP) is 0.947. The Hall–Kier alpha value is -1.69. The van der Waals surface area contributed by atoms with Gasteiger partial charge in [-0.15, -0.1) is 0 Å². The molecule has 6 heteroatoms. The zero-order valence-corrected chi connectivity index (χ0v) is 11.7. The first-order valence-electron chi connectivity index (χ1n) is 6.03. The maximum Gasteiger partial charge on any atom is 0.338 e. The van der Waals surface area contributed by atoms with Crippen molar-refractivity contribution in [2.45, 2.75) is 44.9 Å². The van der Waals surface area contributed by atoms with Gasteiger partial charge in [-0.1, -0.05) is 0 Å². The Morgan fingerprint density at radius 2 is 2.05 bits per heavy atom. The molecule has 0 amide bonds. The van der Waals surface area contributed by atoms with E-state index in [-0.39, 0.29) is 18.4 Å². The van der Waals surface area contributed by atoms with Gasteiger partial charge in [-0.05, 0) is 26.8 Å². The molecule has 0 aromatic heterocycles. The molecule has 0 saturated heterocycles. The minimum absolute atomic E-state index is 0.0878. The van der Waals surface area contributed by atoms with Crippen LogP contribution >= 0.6 is 0 Å². The first-order valence-corrected chi connectivity index (χ1v) is 6.03. The molecule has 0 radical (unpaired) electrons. The van der Waals surface area contributed by atoms with Crippen LogP contribution in [0, 0.1) is 0 Å². The van der Waals surface area contributed by atoms with Gasteiger partial charge in [0.25, 0.3) is 0 Å². The van der Waals surface area contributed by atoms with E-state index in [2.05, 4.69) is 9.73 Å². The monoisotopic (exact) mass is 268 g/mol. The molecule has 0 aliphatic carbocycles. The number of ether oxygens (including phenoxy) is 2. The van der Waals surface area contributed by atoms with Crippen molar-refractivity contribution in [2.75, 3.05) is 7.11 Å². The number of hydrogen-bond donors (Lipinski definition) is 1. The fraction of sp³-hybridized carbons (Fsp3) is 0.615. The summed E-state index contributed by atoms with van der Waals surface area (Å²) in [5, 5.41) is 0. The van der Waals surface area contributed by atoms with E-state index < -0.39 is 23.2 Å². The van der Waals surface area contributed by atoms with E-state index in [9.17, 15) is 9.59 Å². The molecular weight excluding hydrogens is 248 g/mol. The van der Waals surface area contributed by atoms with Gasteiger partial charge in [0.05, 0.1) is 12.7 Å². The van der Waals surface area contributed by atoms with Crippen molar-refractivity contribution in [3.8, 4) is 0 Å². The second kappa shape index (κ2) is 5.52. The van der Waals surface area contributed by atoms with Crippen LogP contribution in [0.4, 0.5) is 0 Å². The van der Waals surface area contributed by atoms with Gasteiger partial charge < -0.3 is 15.2 Å². The van der Waals surface area contributed by atoms with Crippen LogP contribution in [0.15, 0.2) is 16.6 Å². The number of hydrogen-bond acceptors (Lipinski definition) is 6. The fourth-order valence-corrected chi connectivity index (χ4v) is 1.63.